The Hall–Kier alpha value is -0.670. The van der Waals surface area contributed by atoms with Crippen molar-refractivity contribution in [3.8, 4) is 0 Å². The molecule has 0 amide bonds. The van der Waals surface area contributed by atoms with Crippen LogP contribution in [-0.2, 0) is 16.6 Å². The first-order valence-electron chi connectivity index (χ1n) is 5.29. The average molecular weight is 400 g/mol. The Labute approximate surface area is 132 Å². The predicted molar refractivity (Wildman–Crippen MR) is 82.1 cm³/mol. The molecule has 20 heavy (non-hydrogen) atoms. The molecule has 0 unspecified atom stereocenters. The lowest BCUT2D eigenvalue weighted by atomic mass is 10.3. The average Bonchev–Trinajstić information content (AvgIpc) is 2.76. The van der Waals surface area contributed by atoms with Gasteiger partial charge >= 0.3 is 0 Å². The fourth-order valence-corrected chi connectivity index (χ4v) is 5.18. The minimum absolute atomic E-state index is 0.0679. The van der Waals surface area contributed by atoms with Gasteiger partial charge in [-0.2, -0.15) is 0 Å². The van der Waals surface area contributed by atoms with E-state index in [2.05, 4.69) is 20.7 Å². The molecule has 3 N–H and O–H groups in total. The van der Waals surface area contributed by atoms with Gasteiger partial charge < -0.3 is 5.73 Å². The first-order chi connectivity index (χ1) is 9.33. The van der Waals surface area contributed by atoms with Gasteiger partial charge in [0, 0.05) is 11.4 Å². The molecule has 2 aromatic rings. The summed E-state index contributed by atoms with van der Waals surface area (Å²) in [6.45, 7) is 0.244. The van der Waals surface area contributed by atoms with Crippen molar-refractivity contribution in [3.63, 3.8) is 0 Å². The Bertz CT molecular complexity index is 749. The number of sulfonamides is 1. The van der Waals surface area contributed by atoms with Crippen LogP contribution in [0.1, 0.15) is 4.88 Å². The number of rotatable bonds is 4. The third kappa shape index (κ3) is 3.32. The van der Waals surface area contributed by atoms with Crippen molar-refractivity contribution in [3.05, 3.63) is 43.8 Å². The molecule has 4 nitrogen and oxygen atoms in total. The van der Waals surface area contributed by atoms with Crippen molar-refractivity contribution < 1.29 is 12.8 Å². The molecule has 0 saturated carbocycles. The highest BCUT2D eigenvalue weighted by Gasteiger charge is 2.21. The van der Waals surface area contributed by atoms with Crippen molar-refractivity contribution in [2.24, 2.45) is 5.73 Å². The van der Waals surface area contributed by atoms with E-state index in [0.717, 1.165) is 10.9 Å². The first-order valence-corrected chi connectivity index (χ1v) is 8.76. The van der Waals surface area contributed by atoms with Crippen LogP contribution in [0.5, 0.6) is 0 Å². The van der Waals surface area contributed by atoms with E-state index >= 15 is 0 Å². The van der Waals surface area contributed by atoms with Crippen molar-refractivity contribution in [1.29, 1.82) is 0 Å². The molecule has 0 aliphatic heterocycles. The van der Waals surface area contributed by atoms with Gasteiger partial charge in [-0.3, -0.25) is 4.72 Å². The SMILES string of the molecule is NCc1cc(S(=O)(=O)Nc2ccc(Cl)c(F)c2)c(Br)s1. The van der Waals surface area contributed by atoms with Gasteiger partial charge in [0.1, 0.15) is 10.7 Å². The topological polar surface area (TPSA) is 72.2 Å². The minimum atomic E-state index is -3.81. The van der Waals surface area contributed by atoms with E-state index in [9.17, 15) is 12.8 Å². The fourth-order valence-electron chi connectivity index (χ4n) is 1.45. The van der Waals surface area contributed by atoms with Crippen LogP contribution in [0.4, 0.5) is 10.1 Å². The molecule has 1 heterocycles. The highest BCUT2D eigenvalue weighted by molar-refractivity contribution is 9.11. The summed E-state index contributed by atoms with van der Waals surface area (Å²) in [5.41, 5.74) is 5.57. The zero-order valence-electron chi connectivity index (χ0n) is 9.86. The molecule has 0 aliphatic rings. The molecule has 0 saturated heterocycles. The highest BCUT2D eigenvalue weighted by atomic mass is 79.9. The Morgan fingerprint density at radius 2 is 2.10 bits per heavy atom. The van der Waals surface area contributed by atoms with E-state index in [1.54, 1.807) is 0 Å². The Morgan fingerprint density at radius 1 is 1.40 bits per heavy atom. The van der Waals surface area contributed by atoms with Gasteiger partial charge in [0.25, 0.3) is 10.0 Å². The van der Waals surface area contributed by atoms with Gasteiger partial charge in [0.05, 0.1) is 14.5 Å². The maximum Gasteiger partial charge on any atom is 0.263 e. The van der Waals surface area contributed by atoms with E-state index in [-0.39, 0.29) is 22.2 Å². The predicted octanol–water partition coefficient (Wildman–Crippen LogP) is 3.56. The molecule has 0 aliphatic carbocycles. The van der Waals surface area contributed by atoms with Crippen LogP contribution in [0.15, 0.2) is 32.9 Å². The van der Waals surface area contributed by atoms with E-state index in [0.29, 0.717) is 3.79 Å². The third-order valence-corrected chi connectivity index (χ3v) is 6.33. The first kappa shape index (κ1) is 15.7. The Balaban J connectivity index is 2.35. The second-order valence-electron chi connectivity index (χ2n) is 3.79. The maximum atomic E-state index is 13.3. The van der Waals surface area contributed by atoms with Gasteiger partial charge in [-0.1, -0.05) is 11.6 Å². The second kappa shape index (κ2) is 5.98. The molecule has 0 atom stereocenters. The Kier molecular flexibility index (Phi) is 4.70. The number of halogens is 3. The maximum absolute atomic E-state index is 13.3. The van der Waals surface area contributed by atoms with Gasteiger partial charge in [-0.05, 0) is 40.2 Å². The van der Waals surface area contributed by atoms with Crippen LogP contribution in [0, 0.1) is 5.82 Å². The largest absolute Gasteiger partial charge is 0.326 e. The standard InChI is InChI=1S/C11H9BrClFN2O2S2/c12-11-10(4-7(5-15)19-11)20(17,18)16-6-1-2-8(13)9(14)3-6/h1-4,16H,5,15H2. The smallest absolute Gasteiger partial charge is 0.263 e. The molecule has 0 spiro atoms. The number of nitrogens with two attached hydrogens (primary N) is 1. The van der Waals surface area contributed by atoms with Crippen LogP contribution in [0.3, 0.4) is 0 Å². The summed E-state index contributed by atoms with van der Waals surface area (Å²) in [6.07, 6.45) is 0. The number of benzene rings is 1. The summed E-state index contributed by atoms with van der Waals surface area (Å²) in [4.78, 5) is 0.790. The van der Waals surface area contributed by atoms with Crippen molar-refractivity contribution in [2.45, 2.75) is 11.4 Å². The Morgan fingerprint density at radius 3 is 2.65 bits per heavy atom. The third-order valence-electron chi connectivity index (χ3n) is 2.37. The lowest BCUT2D eigenvalue weighted by Crippen LogP contribution is -2.12. The lowest BCUT2D eigenvalue weighted by Gasteiger charge is -2.07. The van der Waals surface area contributed by atoms with Crippen molar-refractivity contribution in [1.82, 2.24) is 0 Å². The van der Waals surface area contributed by atoms with Crippen LogP contribution in [-0.4, -0.2) is 8.42 Å². The number of nitrogens with one attached hydrogen (secondary N) is 1. The molecule has 0 bridgehead atoms. The van der Waals surface area contributed by atoms with Crippen molar-refractivity contribution >= 4 is 54.6 Å². The molecule has 9 heteroatoms. The number of hydrogen-bond acceptors (Lipinski definition) is 4. The van der Waals surface area contributed by atoms with Crippen LogP contribution < -0.4 is 10.5 Å². The summed E-state index contributed by atoms with van der Waals surface area (Å²) in [5.74, 6) is -0.695. The summed E-state index contributed by atoms with van der Waals surface area (Å²) in [5, 5.41) is -0.0740. The van der Waals surface area contributed by atoms with E-state index in [1.165, 1.54) is 29.5 Å². The monoisotopic (exact) mass is 398 g/mol. The van der Waals surface area contributed by atoms with Gasteiger partial charge in [-0.15, -0.1) is 11.3 Å². The van der Waals surface area contributed by atoms with Crippen molar-refractivity contribution in [2.75, 3.05) is 4.72 Å². The summed E-state index contributed by atoms with van der Waals surface area (Å²) >= 11 is 9.96. The van der Waals surface area contributed by atoms with Gasteiger partial charge in [-0.25, -0.2) is 12.8 Å². The quantitative estimate of drug-likeness (QED) is 0.825. The summed E-state index contributed by atoms with van der Waals surface area (Å²) in [7, 11) is -3.81. The molecular formula is C11H9BrClFN2O2S2. The molecule has 2 rings (SSSR count). The minimum Gasteiger partial charge on any atom is -0.326 e. The normalized spacial score (nSPS) is 11.6. The van der Waals surface area contributed by atoms with Gasteiger partial charge in [0.2, 0.25) is 0 Å². The van der Waals surface area contributed by atoms with Gasteiger partial charge in [0.15, 0.2) is 0 Å². The number of hydrogen-bond donors (Lipinski definition) is 2. The van der Waals surface area contributed by atoms with E-state index in [1.807, 2.05) is 0 Å². The van der Waals surface area contributed by atoms with Crippen LogP contribution >= 0.6 is 38.9 Å². The van der Waals surface area contributed by atoms with Crippen LogP contribution in [0.25, 0.3) is 0 Å². The zero-order valence-corrected chi connectivity index (χ0v) is 13.8. The molecule has 0 radical (unpaired) electrons. The highest BCUT2D eigenvalue weighted by Crippen LogP contribution is 2.32. The zero-order chi connectivity index (χ0) is 14.9. The molecule has 1 aromatic heterocycles. The van der Waals surface area contributed by atoms with E-state index in [4.69, 9.17) is 17.3 Å². The molecular weight excluding hydrogens is 391 g/mol. The second-order valence-corrected chi connectivity index (χ2v) is 8.30. The molecule has 0 fully saturated rings. The molecule has 1 aromatic carbocycles. The summed E-state index contributed by atoms with van der Waals surface area (Å²) < 4.78 is 40.5. The lowest BCUT2D eigenvalue weighted by molar-refractivity contribution is 0.601. The number of thiophene rings is 1. The summed E-state index contributed by atoms with van der Waals surface area (Å²) in [6, 6.07) is 5.16. The van der Waals surface area contributed by atoms with Crippen LogP contribution in [0.2, 0.25) is 5.02 Å². The fraction of sp³-hybridized carbons (Fsp3) is 0.0909. The molecule has 108 valence electrons. The van der Waals surface area contributed by atoms with E-state index < -0.39 is 15.8 Å². The number of anilines is 1.